The first-order chi connectivity index (χ1) is 8.40. The minimum Gasteiger partial charge on any atom is -0.314 e. The van der Waals surface area contributed by atoms with E-state index in [4.69, 9.17) is 0 Å². The lowest BCUT2D eigenvalue weighted by molar-refractivity contribution is 0.267. The van der Waals surface area contributed by atoms with E-state index in [-0.39, 0.29) is 0 Å². The molecule has 98 valence electrons. The lowest BCUT2D eigenvalue weighted by atomic mass is 9.80. The first-order valence-corrected chi connectivity index (χ1v) is 7.81. The molecule has 1 nitrogen and oxygen atoms in total. The van der Waals surface area contributed by atoms with Crippen LogP contribution in [0.25, 0.3) is 0 Å². The fourth-order valence-electron chi connectivity index (χ4n) is 3.58. The summed E-state index contributed by atoms with van der Waals surface area (Å²) in [5.74, 6) is 0.950. The summed E-state index contributed by atoms with van der Waals surface area (Å²) < 4.78 is 0. The minimum absolute atomic E-state index is 0.768. The Morgan fingerprint density at radius 1 is 1.18 bits per heavy atom. The monoisotopic (exact) mass is 235 g/mol. The van der Waals surface area contributed by atoms with Crippen molar-refractivity contribution in [3.05, 3.63) is 11.6 Å². The molecule has 0 aliphatic heterocycles. The summed E-state index contributed by atoms with van der Waals surface area (Å²) in [5.41, 5.74) is 1.74. The third kappa shape index (κ3) is 4.13. The average molecular weight is 235 g/mol. The van der Waals surface area contributed by atoms with Gasteiger partial charge in [0.05, 0.1) is 0 Å². The molecule has 1 fully saturated rings. The summed E-state index contributed by atoms with van der Waals surface area (Å²) in [6.45, 7) is 3.39. The van der Waals surface area contributed by atoms with E-state index in [9.17, 15) is 0 Å². The first-order valence-electron chi connectivity index (χ1n) is 7.81. The van der Waals surface area contributed by atoms with Gasteiger partial charge in [-0.2, -0.15) is 0 Å². The number of hydrogen-bond acceptors (Lipinski definition) is 1. The molecule has 0 bridgehead atoms. The van der Waals surface area contributed by atoms with Crippen LogP contribution in [0.2, 0.25) is 0 Å². The smallest absolute Gasteiger partial charge is 0.0132 e. The van der Waals surface area contributed by atoms with Gasteiger partial charge in [-0.05, 0) is 57.4 Å². The Morgan fingerprint density at radius 2 is 2.00 bits per heavy atom. The van der Waals surface area contributed by atoms with Crippen LogP contribution < -0.4 is 5.32 Å². The van der Waals surface area contributed by atoms with Gasteiger partial charge < -0.3 is 5.32 Å². The third-order valence-electron chi connectivity index (χ3n) is 4.55. The molecule has 1 saturated carbocycles. The Morgan fingerprint density at radius 3 is 2.65 bits per heavy atom. The van der Waals surface area contributed by atoms with Crippen molar-refractivity contribution in [2.24, 2.45) is 5.92 Å². The number of allylic oxidation sites excluding steroid dienone is 1. The molecule has 2 rings (SSSR count). The number of nitrogens with one attached hydrogen (secondary N) is 1. The quantitative estimate of drug-likeness (QED) is 0.695. The molecule has 0 aromatic rings. The second-order valence-corrected chi connectivity index (χ2v) is 5.87. The fourth-order valence-corrected chi connectivity index (χ4v) is 3.58. The molecule has 0 aromatic carbocycles. The second-order valence-electron chi connectivity index (χ2n) is 5.87. The van der Waals surface area contributed by atoms with E-state index in [2.05, 4.69) is 18.3 Å². The van der Waals surface area contributed by atoms with Gasteiger partial charge in [0.15, 0.2) is 0 Å². The third-order valence-corrected chi connectivity index (χ3v) is 4.55. The number of rotatable bonds is 5. The van der Waals surface area contributed by atoms with Crippen molar-refractivity contribution >= 4 is 0 Å². The zero-order chi connectivity index (χ0) is 11.9. The van der Waals surface area contributed by atoms with Gasteiger partial charge in [-0.15, -0.1) is 0 Å². The zero-order valence-corrected chi connectivity index (χ0v) is 11.5. The summed E-state index contributed by atoms with van der Waals surface area (Å²) in [6.07, 6.45) is 16.7. The Balaban J connectivity index is 1.88. The van der Waals surface area contributed by atoms with E-state index in [0.717, 1.165) is 18.5 Å². The van der Waals surface area contributed by atoms with Crippen molar-refractivity contribution in [3.63, 3.8) is 0 Å². The normalized spacial score (nSPS) is 24.4. The largest absolute Gasteiger partial charge is 0.314 e. The van der Waals surface area contributed by atoms with Crippen LogP contribution in [0, 0.1) is 5.92 Å². The Bertz CT molecular complexity index is 238. The number of hydrogen-bond donors (Lipinski definition) is 1. The predicted molar refractivity (Wildman–Crippen MR) is 75.2 cm³/mol. The molecule has 2 aliphatic rings. The van der Waals surface area contributed by atoms with Crippen LogP contribution in [-0.2, 0) is 0 Å². The summed E-state index contributed by atoms with van der Waals surface area (Å²) in [5, 5.41) is 3.76. The van der Waals surface area contributed by atoms with Crippen LogP contribution >= 0.6 is 0 Å². The zero-order valence-electron chi connectivity index (χ0n) is 11.5. The highest BCUT2D eigenvalue weighted by Crippen LogP contribution is 2.31. The Hall–Kier alpha value is -0.300. The Kier molecular flexibility index (Phi) is 5.57. The van der Waals surface area contributed by atoms with Crippen LogP contribution in [0.4, 0.5) is 0 Å². The van der Waals surface area contributed by atoms with Crippen molar-refractivity contribution in [1.82, 2.24) is 5.32 Å². The van der Waals surface area contributed by atoms with Crippen LogP contribution in [0.1, 0.15) is 71.1 Å². The second kappa shape index (κ2) is 7.20. The standard InChI is InChI=1S/C16H29N/c1-2-17-16(15-11-7-4-8-12-15)13-14-9-5-3-6-10-14/h9,15-17H,2-8,10-13H2,1H3. The van der Waals surface area contributed by atoms with Crippen molar-refractivity contribution in [3.8, 4) is 0 Å². The van der Waals surface area contributed by atoms with Crippen molar-refractivity contribution in [2.75, 3.05) is 6.54 Å². The van der Waals surface area contributed by atoms with E-state index in [1.165, 1.54) is 64.2 Å². The first kappa shape index (κ1) is 13.1. The van der Waals surface area contributed by atoms with Gasteiger partial charge in [0.1, 0.15) is 0 Å². The van der Waals surface area contributed by atoms with E-state index < -0.39 is 0 Å². The summed E-state index contributed by atoms with van der Waals surface area (Å²) in [6, 6.07) is 0.768. The molecule has 17 heavy (non-hydrogen) atoms. The minimum atomic E-state index is 0.768. The molecule has 1 unspecified atom stereocenters. The maximum Gasteiger partial charge on any atom is 0.0132 e. The maximum atomic E-state index is 3.76. The lowest BCUT2D eigenvalue weighted by Crippen LogP contribution is -2.37. The highest BCUT2D eigenvalue weighted by atomic mass is 14.9. The highest BCUT2D eigenvalue weighted by Gasteiger charge is 2.23. The molecule has 0 amide bonds. The van der Waals surface area contributed by atoms with Gasteiger partial charge in [-0.25, -0.2) is 0 Å². The highest BCUT2D eigenvalue weighted by molar-refractivity contribution is 5.07. The summed E-state index contributed by atoms with van der Waals surface area (Å²) in [7, 11) is 0. The van der Waals surface area contributed by atoms with Gasteiger partial charge in [0.2, 0.25) is 0 Å². The predicted octanol–water partition coefficient (Wildman–Crippen LogP) is 4.44. The van der Waals surface area contributed by atoms with E-state index in [1.807, 2.05) is 0 Å². The van der Waals surface area contributed by atoms with Gasteiger partial charge in [-0.1, -0.05) is 37.8 Å². The van der Waals surface area contributed by atoms with Crippen molar-refractivity contribution in [1.29, 1.82) is 0 Å². The van der Waals surface area contributed by atoms with Crippen LogP contribution in [-0.4, -0.2) is 12.6 Å². The van der Waals surface area contributed by atoms with Crippen LogP contribution in [0.3, 0.4) is 0 Å². The fraction of sp³-hybridized carbons (Fsp3) is 0.875. The average Bonchev–Trinajstić information content (AvgIpc) is 2.40. The van der Waals surface area contributed by atoms with Crippen LogP contribution in [0.5, 0.6) is 0 Å². The molecular formula is C16H29N. The van der Waals surface area contributed by atoms with E-state index in [1.54, 1.807) is 5.57 Å². The topological polar surface area (TPSA) is 12.0 Å². The molecule has 0 heterocycles. The SMILES string of the molecule is CCNC(CC1=CCCCC1)C1CCCCC1. The lowest BCUT2D eigenvalue weighted by Gasteiger charge is -2.32. The molecule has 1 heteroatoms. The van der Waals surface area contributed by atoms with Crippen molar-refractivity contribution in [2.45, 2.75) is 77.2 Å². The summed E-state index contributed by atoms with van der Waals surface area (Å²) >= 11 is 0. The molecule has 0 radical (unpaired) electrons. The molecule has 0 aromatic heterocycles. The molecule has 1 N–H and O–H groups in total. The van der Waals surface area contributed by atoms with Gasteiger partial charge >= 0.3 is 0 Å². The molecule has 2 aliphatic carbocycles. The van der Waals surface area contributed by atoms with Gasteiger partial charge in [-0.3, -0.25) is 0 Å². The van der Waals surface area contributed by atoms with Crippen molar-refractivity contribution < 1.29 is 0 Å². The molecule has 0 spiro atoms. The maximum absolute atomic E-state index is 3.76. The van der Waals surface area contributed by atoms with Crippen LogP contribution in [0.15, 0.2) is 11.6 Å². The molecular weight excluding hydrogens is 206 g/mol. The summed E-state index contributed by atoms with van der Waals surface area (Å²) in [4.78, 5) is 0. The van der Waals surface area contributed by atoms with Gasteiger partial charge in [0.25, 0.3) is 0 Å². The van der Waals surface area contributed by atoms with E-state index >= 15 is 0 Å². The molecule has 0 saturated heterocycles. The van der Waals surface area contributed by atoms with E-state index in [0.29, 0.717) is 0 Å². The van der Waals surface area contributed by atoms with Gasteiger partial charge in [0, 0.05) is 6.04 Å². The Labute approximate surface area is 107 Å². The molecule has 1 atom stereocenters.